The zero-order valence-electron chi connectivity index (χ0n) is 16.3. The van der Waals surface area contributed by atoms with Gasteiger partial charge in [0, 0.05) is 16.4 Å². The summed E-state index contributed by atoms with van der Waals surface area (Å²) >= 11 is 11.1. The Kier molecular flexibility index (Phi) is 6.85. The average molecular weight is 518 g/mol. The number of carbonyl (C=O) groups excluding carboxylic acids is 2. The summed E-state index contributed by atoms with van der Waals surface area (Å²) in [5.74, 6) is 0.766. The third kappa shape index (κ3) is 5.23. The molecule has 1 fully saturated rings. The smallest absolute Gasteiger partial charge is 0.262 e. The summed E-state index contributed by atoms with van der Waals surface area (Å²) < 4.78 is 6.39. The van der Waals surface area contributed by atoms with Crippen molar-refractivity contribution < 1.29 is 14.3 Å². The minimum absolute atomic E-state index is 0.0476. The zero-order valence-corrected chi connectivity index (χ0v) is 19.4. The Morgan fingerprint density at radius 1 is 1.13 bits per heavy atom. The van der Waals surface area contributed by atoms with E-state index in [2.05, 4.69) is 21.2 Å². The fourth-order valence-corrected chi connectivity index (χ4v) is 5.00. The number of carbonyl (C=O) groups is 2. The molecule has 0 spiro atoms. The monoisotopic (exact) mass is 516 g/mol. The van der Waals surface area contributed by atoms with Crippen LogP contribution >= 0.6 is 39.3 Å². The lowest BCUT2D eigenvalue weighted by Crippen LogP contribution is -2.27. The Hall–Kier alpha value is -2.48. The van der Waals surface area contributed by atoms with Gasteiger partial charge in [-0.1, -0.05) is 35.9 Å². The molecule has 158 valence electrons. The standard InChI is InChI=1S/C23H18BrClN2O3S/c24-19-12-15(23-27(22(29)14-31-23)18-9-7-16(25)8-10-18)6-11-20(19)30-13-21(28)26-17-4-2-1-3-5-17/h1-12,23H,13-14H2,(H,26,28)/t23-/m1/s1. The highest BCUT2D eigenvalue weighted by Crippen LogP contribution is 2.43. The van der Waals surface area contributed by atoms with Crippen LogP contribution in [0.3, 0.4) is 0 Å². The Bertz CT molecular complexity index is 1100. The molecule has 0 bridgehead atoms. The largest absolute Gasteiger partial charge is 0.483 e. The van der Waals surface area contributed by atoms with Crippen LogP contribution in [0, 0.1) is 0 Å². The first-order valence-electron chi connectivity index (χ1n) is 9.47. The summed E-state index contributed by atoms with van der Waals surface area (Å²) in [4.78, 5) is 26.4. The second-order valence-electron chi connectivity index (χ2n) is 6.80. The summed E-state index contributed by atoms with van der Waals surface area (Å²) in [6.45, 7) is -0.111. The number of hydrogen-bond acceptors (Lipinski definition) is 4. The van der Waals surface area contributed by atoms with E-state index in [4.69, 9.17) is 16.3 Å². The number of rotatable bonds is 6. The third-order valence-corrected chi connectivity index (χ3v) is 6.71. The Morgan fingerprint density at radius 2 is 1.87 bits per heavy atom. The summed E-state index contributed by atoms with van der Waals surface area (Å²) in [5.41, 5.74) is 2.48. The summed E-state index contributed by atoms with van der Waals surface area (Å²) in [7, 11) is 0. The van der Waals surface area contributed by atoms with Gasteiger partial charge in [-0.3, -0.25) is 14.5 Å². The van der Waals surface area contributed by atoms with Gasteiger partial charge in [0.1, 0.15) is 11.1 Å². The second-order valence-corrected chi connectivity index (χ2v) is 9.16. The second kappa shape index (κ2) is 9.77. The van der Waals surface area contributed by atoms with Crippen molar-refractivity contribution in [3.8, 4) is 5.75 Å². The predicted octanol–water partition coefficient (Wildman–Crippen LogP) is 5.90. The fourth-order valence-electron chi connectivity index (χ4n) is 3.20. The molecule has 1 saturated heterocycles. The Labute approximate surface area is 197 Å². The molecule has 0 unspecified atom stereocenters. The normalized spacial score (nSPS) is 15.7. The van der Waals surface area contributed by atoms with Crippen molar-refractivity contribution in [2.24, 2.45) is 0 Å². The number of hydrogen-bond donors (Lipinski definition) is 1. The highest BCUT2D eigenvalue weighted by Gasteiger charge is 2.34. The quantitative estimate of drug-likeness (QED) is 0.442. The van der Waals surface area contributed by atoms with Gasteiger partial charge in [-0.15, -0.1) is 11.8 Å². The molecule has 0 saturated carbocycles. The summed E-state index contributed by atoms with van der Waals surface area (Å²) in [5, 5.41) is 3.26. The van der Waals surface area contributed by atoms with Crippen LogP contribution in [0.15, 0.2) is 77.3 Å². The van der Waals surface area contributed by atoms with Crippen molar-refractivity contribution in [1.82, 2.24) is 0 Å². The van der Waals surface area contributed by atoms with Crippen LogP contribution in [0.2, 0.25) is 5.02 Å². The van der Waals surface area contributed by atoms with Crippen molar-refractivity contribution >= 4 is 62.5 Å². The lowest BCUT2D eigenvalue weighted by Gasteiger charge is -2.25. The predicted molar refractivity (Wildman–Crippen MR) is 129 cm³/mol. The topological polar surface area (TPSA) is 58.6 Å². The van der Waals surface area contributed by atoms with E-state index in [1.165, 1.54) is 0 Å². The van der Waals surface area contributed by atoms with E-state index in [-0.39, 0.29) is 23.8 Å². The van der Waals surface area contributed by atoms with E-state index in [9.17, 15) is 9.59 Å². The number of nitrogens with zero attached hydrogens (tertiary/aromatic N) is 1. The molecule has 1 N–H and O–H groups in total. The SMILES string of the molecule is O=C(COc1ccc([C@H]2SCC(=O)N2c2ccc(Cl)cc2)cc1Br)Nc1ccccc1. The molecule has 5 nitrogen and oxygen atoms in total. The average Bonchev–Trinajstić information content (AvgIpc) is 3.15. The van der Waals surface area contributed by atoms with Gasteiger partial charge in [0.15, 0.2) is 6.61 Å². The van der Waals surface area contributed by atoms with Gasteiger partial charge in [0.25, 0.3) is 5.91 Å². The summed E-state index contributed by atoms with van der Waals surface area (Å²) in [6.07, 6.45) is 0. The van der Waals surface area contributed by atoms with Crippen LogP contribution in [-0.2, 0) is 9.59 Å². The van der Waals surface area contributed by atoms with Gasteiger partial charge in [-0.05, 0) is 70.0 Å². The maximum absolute atomic E-state index is 12.5. The number of halogens is 2. The van der Waals surface area contributed by atoms with Crippen LogP contribution in [0.1, 0.15) is 10.9 Å². The van der Waals surface area contributed by atoms with Crippen LogP contribution in [0.5, 0.6) is 5.75 Å². The maximum atomic E-state index is 12.5. The molecule has 1 aliphatic rings. The molecule has 2 amide bonds. The molecule has 8 heteroatoms. The van der Waals surface area contributed by atoms with E-state index < -0.39 is 0 Å². The molecule has 0 aromatic heterocycles. The molecule has 1 aliphatic heterocycles. The highest BCUT2D eigenvalue weighted by molar-refractivity contribution is 9.10. The van der Waals surface area contributed by atoms with Crippen LogP contribution in [0.4, 0.5) is 11.4 Å². The molecule has 3 aromatic carbocycles. The van der Waals surface area contributed by atoms with E-state index in [1.54, 1.807) is 34.9 Å². The number of ether oxygens (including phenoxy) is 1. The molecule has 0 aliphatic carbocycles. The van der Waals surface area contributed by atoms with Gasteiger partial charge in [-0.2, -0.15) is 0 Å². The summed E-state index contributed by atoms with van der Waals surface area (Å²) in [6, 6.07) is 22.1. The number of anilines is 2. The highest BCUT2D eigenvalue weighted by atomic mass is 79.9. The number of thioether (sulfide) groups is 1. The first-order chi connectivity index (χ1) is 15.0. The van der Waals surface area contributed by atoms with Gasteiger partial charge in [0.05, 0.1) is 10.2 Å². The molecule has 3 aromatic rings. The zero-order chi connectivity index (χ0) is 21.8. The number of para-hydroxylation sites is 1. The van der Waals surface area contributed by atoms with Gasteiger partial charge in [-0.25, -0.2) is 0 Å². The number of amides is 2. The minimum atomic E-state index is -0.243. The lowest BCUT2D eigenvalue weighted by atomic mass is 10.1. The maximum Gasteiger partial charge on any atom is 0.262 e. The molecule has 31 heavy (non-hydrogen) atoms. The first-order valence-corrected chi connectivity index (χ1v) is 11.7. The lowest BCUT2D eigenvalue weighted by molar-refractivity contribution is -0.118. The van der Waals surface area contributed by atoms with Crippen molar-refractivity contribution in [1.29, 1.82) is 0 Å². The molecule has 0 radical (unpaired) electrons. The van der Waals surface area contributed by atoms with Crippen LogP contribution < -0.4 is 15.0 Å². The van der Waals surface area contributed by atoms with Gasteiger partial charge in [0.2, 0.25) is 5.91 Å². The first kappa shape index (κ1) is 21.7. The van der Waals surface area contributed by atoms with E-state index in [0.29, 0.717) is 21.0 Å². The van der Waals surface area contributed by atoms with Crippen molar-refractivity contribution in [3.05, 3.63) is 87.9 Å². The molecular formula is C23H18BrClN2O3S. The minimum Gasteiger partial charge on any atom is -0.483 e. The van der Waals surface area contributed by atoms with Gasteiger partial charge < -0.3 is 10.1 Å². The molecule has 4 rings (SSSR count). The Balaban J connectivity index is 1.44. The van der Waals surface area contributed by atoms with Crippen molar-refractivity contribution in [2.45, 2.75) is 5.37 Å². The van der Waals surface area contributed by atoms with Crippen molar-refractivity contribution in [3.63, 3.8) is 0 Å². The third-order valence-electron chi connectivity index (χ3n) is 4.63. The van der Waals surface area contributed by atoms with E-state index in [1.807, 2.05) is 54.6 Å². The molecule has 1 atom stereocenters. The van der Waals surface area contributed by atoms with Crippen LogP contribution in [-0.4, -0.2) is 24.2 Å². The molecular weight excluding hydrogens is 500 g/mol. The van der Waals surface area contributed by atoms with Gasteiger partial charge >= 0.3 is 0 Å². The van der Waals surface area contributed by atoms with Crippen molar-refractivity contribution in [2.75, 3.05) is 22.6 Å². The Morgan fingerprint density at radius 3 is 2.58 bits per heavy atom. The fraction of sp³-hybridized carbons (Fsp3) is 0.130. The number of benzene rings is 3. The molecule has 1 heterocycles. The number of nitrogens with one attached hydrogen (secondary N) is 1. The van der Waals surface area contributed by atoms with Crippen LogP contribution in [0.25, 0.3) is 0 Å². The van der Waals surface area contributed by atoms with E-state index >= 15 is 0 Å². The van der Waals surface area contributed by atoms with E-state index in [0.717, 1.165) is 16.9 Å².